The molecule has 1 N–H and O–H groups in total. The minimum Gasteiger partial charge on any atom is -0.339 e. The molecule has 0 spiro atoms. The van der Waals surface area contributed by atoms with Gasteiger partial charge in [-0.3, -0.25) is 4.79 Å². The first-order chi connectivity index (χ1) is 10.2. The fourth-order valence-electron chi connectivity index (χ4n) is 3.59. The Labute approximate surface area is 127 Å². The molecule has 1 aliphatic heterocycles. The van der Waals surface area contributed by atoms with E-state index >= 15 is 0 Å². The molecular weight excluding hydrogens is 260 g/mol. The van der Waals surface area contributed by atoms with Crippen molar-refractivity contribution in [3.63, 3.8) is 0 Å². The van der Waals surface area contributed by atoms with Gasteiger partial charge >= 0.3 is 0 Å². The summed E-state index contributed by atoms with van der Waals surface area (Å²) in [6.07, 6.45) is 3.39. The van der Waals surface area contributed by atoms with Crippen LogP contribution in [0.4, 0.5) is 0 Å². The van der Waals surface area contributed by atoms with E-state index in [0.717, 1.165) is 26.1 Å². The third kappa shape index (κ3) is 2.98. The van der Waals surface area contributed by atoms with Crippen LogP contribution in [-0.2, 0) is 11.2 Å². The summed E-state index contributed by atoms with van der Waals surface area (Å²) in [5, 5.41) is 3.45. The number of amides is 1. The van der Waals surface area contributed by atoms with Crippen molar-refractivity contribution in [3.05, 3.63) is 35.4 Å². The average molecular weight is 286 g/mol. The molecule has 1 amide bonds. The number of rotatable bonds is 4. The summed E-state index contributed by atoms with van der Waals surface area (Å²) >= 11 is 0. The van der Waals surface area contributed by atoms with Crippen LogP contribution in [0.3, 0.4) is 0 Å². The quantitative estimate of drug-likeness (QED) is 0.922. The van der Waals surface area contributed by atoms with Crippen molar-refractivity contribution in [2.45, 2.75) is 45.1 Å². The lowest BCUT2D eigenvalue weighted by atomic mass is 9.76. The Bertz CT molecular complexity index is 506. The normalized spacial score (nSPS) is 24.3. The summed E-state index contributed by atoms with van der Waals surface area (Å²) in [5.74, 6) is 1.04. The Kier molecular flexibility index (Phi) is 4.29. The van der Waals surface area contributed by atoms with Crippen LogP contribution in [0.1, 0.15) is 43.7 Å². The Morgan fingerprint density at radius 2 is 2.19 bits per heavy atom. The number of hydrogen-bond acceptors (Lipinski definition) is 2. The molecule has 0 aromatic heterocycles. The molecule has 1 fully saturated rings. The van der Waals surface area contributed by atoms with Gasteiger partial charge in [0.05, 0.1) is 5.92 Å². The van der Waals surface area contributed by atoms with Crippen LogP contribution < -0.4 is 5.32 Å². The molecule has 1 saturated heterocycles. The smallest absolute Gasteiger partial charge is 0.230 e. The van der Waals surface area contributed by atoms with E-state index < -0.39 is 0 Å². The highest BCUT2D eigenvalue weighted by Crippen LogP contribution is 2.36. The van der Waals surface area contributed by atoms with Crippen LogP contribution in [0.2, 0.25) is 0 Å². The number of nitrogens with one attached hydrogen (secondary N) is 1. The second-order valence-corrected chi connectivity index (χ2v) is 6.75. The molecule has 2 atom stereocenters. The summed E-state index contributed by atoms with van der Waals surface area (Å²) in [7, 11) is 0. The molecule has 1 aliphatic carbocycles. The van der Waals surface area contributed by atoms with Gasteiger partial charge < -0.3 is 10.2 Å². The van der Waals surface area contributed by atoms with Gasteiger partial charge in [-0.25, -0.2) is 0 Å². The third-order valence-electron chi connectivity index (χ3n) is 4.91. The van der Waals surface area contributed by atoms with E-state index in [4.69, 9.17) is 0 Å². The lowest BCUT2D eigenvalue weighted by Gasteiger charge is -2.38. The maximum atomic E-state index is 12.9. The topological polar surface area (TPSA) is 32.3 Å². The lowest BCUT2D eigenvalue weighted by Crippen LogP contribution is -2.47. The molecule has 2 aliphatic rings. The zero-order chi connectivity index (χ0) is 14.8. The van der Waals surface area contributed by atoms with Gasteiger partial charge in [0, 0.05) is 12.6 Å². The molecule has 1 heterocycles. The number of piperidine rings is 1. The van der Waals surface area contributed by atoms with Gasteiger partial charge in [0.25, 0.3) is 0 Å². The Hall–Kier alpha value is -1.35. The molecule has 1 aromatic carbocycles. The molecule has 1 aromatic rings. The maximum absolute atomic E-state index is 12.9. The lowest BCUT2D eigenvalue weighted by molar-refractivity contribution is -0.136. The van der Waals surface area contributed by atoms with Crippen molar-refractivity contribution in [1.82, 2.24) is 10.2 Å². The minimum absolute atomic E-state index is 0.0974. The fraction of sp³-hybridized carbons (Fsp3) is 0.611. The number of hydrogen-bond donors (Lipinski definition) is 1. The van der Waals surface area contributed by atoms with E-state index in [1.165, 1.54) is 24.0 Å². The van der Waals surface area contributed by atoms with Crippen molar-refractivity contribution < 1.29 is 4.79 Å². The van der Waals surface area contributed by atoms with E-state index in [1.54, 1.807) is 0 Å². The number of benzene rings is 1. The van der Waals surface area contributed by atoms with Gasteiger partial charge in [-0.1, -0.05) is 24.3 Å². The predicted molar refractivity (Wildman–Crippen MR) is 85.3 cm³/mol. The molecule has 2 unspecified atom stereocenters. The SMILES string of the molecule is CC(C)N(CC1CCCNC1)C(=O)C1Cc2ccccc21. The number of carbonyl (C=O) groups is 1. The zero-order valence-electron chi connectivity index (χ0n) is 13.1. The van der Waals surface area contributed by atoms with Crippen LogP contribution in [0, 0.1) is 5.92 Å². The third-order valence-corrected chi connectivity index (χ3v) is 4.91. The molecule has 0 bridgehead atoms. The standard InChI is InChI=1S/C18H26N2O/c1-13(2)20(12-14-6-5-9-19-11-14)18(21)17-10-15-7-3-4-8-16(15)17/h3-4,7-8,13-14,17,19H,5-6,9-12H2,1-2H3. The number of nitrogens with zero attached hydrogens (tertiary/aromatic N) is 1. The van der Waals surface area contributed by atoms with Crippen LogP contribution >= 0.6 is 0 Å². The largest absolute Gasteiger partial charge is 0.339 e. The highest BCUT2D eigenvalue weighted by Gasteiger charge is 2.36. The van der Waals surface area contributed by atoms with Gasteiger partial charge in [-0.15, -0.1) is 0 Å². The summed E-state index contributed by atoms with van der Waals surface area (Å²) in [6, 6.07) is 8.65. The van der Waals surface area contributed by atoms with Crippen molar-refractivity contribution >= 4 is 5.91 Å². The Balaban J connectivity index is 1.68. The Morgan fingerprint density at radius 1 is 1.38 bits per heavy atom. The second kappa shape index (κ2) is 6.18. The van der Waals surface area contributed by atoms with Gasteiger partial charge in [-0.2, -0.15) is 0 Å². The first kappa shape index (κ1) is 14.6. The summed E-state index contributed by atoms with van der Waals surface area (Å²) in [6.45, 7) is 7.36. The highest BCUT2D eigenvalue weighted by atomic mass is 16.2. The van der Waals surface area contributed by atoms with E-state index in [2.05, 4.69) is 42.3 Å². The maximum Gasteiger partial charge on any atom is 0.230 e. The zero-order valence-corrected chi connectivity index (χ0v) is 13.1. The Morgan fingerprint density at radius 3 is 2.86 bits per heavy atom. The molecule has 0 radical (unpaired) electrons. The van der Waals surface area contributed by atoms with Gasteiger partial charge in [0.2, 0.25) is 5.91 Å². The summed E-state index contributed by atoms with van der Waals surface area (Å²) < 4.78 is 0. The van der Waals surface area contributed by atoms with Crippen molar-refractivity contribution in [2.75, 3.05) is 19.6 Å². The molecule has 0 saturated carbocycles. The fourth-order valence-corrected chi connectivity index (χ4v) is 3.59. The average Bonchev–Trinajstić information content (AvgIpc) is 2.46. The number of fused-ring (bicyclic) bond motifs is 1. The van der Waals surface area contributed by atoms with Crippen molar-refractivity contribution in [1.29, 1.82) is 0 Å². The molecule has 3 heteroatoms. The van der Waals surface area contributed by atoms with E-state index in [-0.39, 0.29) is 12.0 Å². The summed E-state index contributed by atoms with van der Waals surface area (Å²) in [4.78, 5) is 15.0. The first-order valence-corrected chi connectivity index (χ1v) is 8.26. The second-order valence-electron chi connectivity index (χ2n) is 6.75. The van der Waals surface area contributed by atoms with E-state index in [9.17, 15) is 4.79 Å². The predicted octanol–water partition coefficient (Wildman–Crippen LogP) is 2.56. The van der Waals surface area contributed by atoms with E-state index in [1.807, 2.05) is 6.07 Å². The number of carbonyl (C=O) groups excluding carboxylic acids is 1. The molecule has 21 heavy (non-hydrogen) atoms. The molecule has 3 nitrogen and oxygen atoms in total. The highest BCUT2D eigenvalue weighted by molar-refractivity contribution is 5.87. The molecule has 3 rings (SSSR count). The van der Waals surface area contributed by atoms with Crippen LogP contribution in [0.15, 0.2) is 24.3 Å². The van der Waals surface area contributed by atoms with Gasteiger partial charge in [-0.05, 0) is 63.2 Å². The van der Waals surface area contributed by atoms with Crippen LogP contribution in [0.5, 0.6) is 0 Å². The monoisotopic (exact) mass is 286 g/mol. The van der Waals surface area contributed by atoms with Gasteiger partial charge in [0.15, 0.2) is 0 Å². The van der Waals surface area contributed by atoms with E-state index in [0.29, 0.717) is 11.8 Å². The van der Waals surface area contributed by atoms with Crippen LogP contribution in [-0.4, -0.2) is 36.5 Å². The van der Waals surface area contributed by atoms with Crippen molar-refractivity contribution in [3.8, 4) is 0 Å². The minimum atomic E-state index is 0.0974. The molecule has 114 valence electrons. The molecular formula is C18H26N2O. The van der Waals surface area contributed by atoms with Crippen LogP contribution in [0.25, 0.3) is 0 Å². The van der Waals surface area contributed by atoms with Gasteiger partial charge in [0.1, 0.15) is 0 Å². The van der Waals surface area contributed by atoms with Crippen molar-refractivity contribution in [2.24, 2.45) is 5.92 Å². The first-order valence-electron chi connectivity index (χ1n) is 8.26. The summed E-state index contributed by atoms with van der Waals surface area (Å²) in [5.41, 5.74) is 2.59.